The van der Waals surface area contributed by atoms with Crippen molar-refractivity contribution < 1.29 is 22.8 Å². The lowest BCUT2D eigenvalue weighted by Gasteiger charge is -2.10. The van der Waals surface area contributed by atoms with E-state index >= 15 is 0 Å². The van der Waals surface area contributed by atoms with E-state index in [-0.39, 0.29) is 18.9 Å². The Morgan fingerprint density at radius 3 is 2.32 bits per heavy atom. The van der Waals surface area contributed by atoms with Crippen molar-refractivity contribution in [1.82, 2.24) is 10.7 Å². The molecule has 0 aliphatic carbocycles. The number of amides is 2. The summed E-state index contributed by atoms with van der Waals surface area (Å²) >= 11 is 3.25. The lowest BCUT2D eigenvalue weighted by atomic mass is 10.2. The molecule has 2 rings (SSSR count). The van der Waals surface area contributed by atoms with E-state index in [1.54, 1.807) is 24.3 Å². The summed E-state index contributed by atoms with van der Waals surface area (Å²) in [6.07, 6.45) is -0.0967. The summed E-state index contributed by atoms with van der Waals surface area (Å²) in [7, 11) is 0. The van der Waals surface area contributed by atoms with Crippen LogP contribution in [0.5, 0.6) is 0 Å². The molecular formula is C16H13BrF3N3O2. The van der Waals surface area contributed by atoms with Gasteiger partial charge in [0.2, 0.25) is 5.91 Å². The van der Waals surface area contributed by atoms with E-state index in [4.69, 9.17) is 0 Å². The molecule has 0 atom stereocenters. The molecule has 3 N–H and O–H groups in total. The Labute approximate surface area is 149 Å². The van der Waals surface area contributed by atoms with Crippen LogP contribution in [0.1, 0.15) is 16.8 Å². The van der Waals surface area contributed by atoms with Gasteiger partial charge in [-0.05, 0) is 36.4 Å². The minimum Gasteiger partial charge on any atom is -0.352 e. The summed E-state index contributed by atoms with van der Waals surface area (Å²) in [6.45, 7) is 0.0443. The predicted octanol–water partition coefficient (Wildman–Crippen LogP) is 3.13. The summed E-state index contributed by atoms with van der Waals surface area (Å²) < 4.78 is 40.1. The van der Waals surface area contributed by atoms with Gasteiger partial charge in [0, 0.05) is 23.0 Å². The Morgan fingerprint density at radius 2 is 1.64 bits per heavy atom. The topological polar surface area (TPSA) is 70.2 Å². The molecule has 0 fully saturated rings. The molecule has 0 unspecified atom stereocenters. The van der Waals surface area contributed by atoms with E-state index in [2.05, 4.69) is 32.1 Å². The molecule has 0 saturated heterocycles. The third-order valence-corrected chi connectivity index (χ3v) is 3.64. The van der Waals surface area contributed by atoms with Gasteiger partial charge in [-0.1, -0.05) is 15.9 Å². The summed E-state index contributed by atoms with van der Waals surface area (Å²) in [5.41, 5.74) is 4.31. The largest absolute Gasteiger partial charge is 0.352 e. The Balaban J connectivity index is 1.77. The minimum atomic E-state index is -1.64. The summed E-state index contributed by atoms with van der Waals surface area (Å²) in [4.78, 5) is 23.5. The van der Waals surface area contributed by atoms with Gasteiger partial charge in [0.1, 0.15) is 0 Å². The molecule has 0 saturated carbocycles. The SMILES string of the molecule is O=C(CCNC(=O)c1ccc(Br)cc1)NNc1ccc(F)c(F)c1F. The number of hydrogen-bond donors (Lipinski definition) is 3. The molecule has 5 nitrogen and oxygen atoms in total. The molecule has 25 heavy (non-hydrogen) atoms. The van der Waals surface area contributed by atoms with Gasteiger partial charge in [-0.2, -0.15) is 0 Å². The highest BCUT2D eigenvalue weighted by Crippen LogP contribution is 2.18. The maximum atomic E-state index is 13.4. The van der Waals surface area contributed by atoms with Gasteiger partial charge >= 0.3 is 0 Å². The highest BCUT2D eigenvalue weighted by Gasteiger charge is 2.13. The smallest absolute Gasteiger partial charge is 0.251 e. The van der Waals surface area contributed by atoms with Crippen LogP contribution in [0.25, 0.3) is 0 Å². The van der Waals surface area contributed by atoms with E-state index in [9.17, 15) is 22.8 Å². The first kappa shape index (κ1) is 18.8. The molecule has 2 aromatic rings. The van der Waals surface area contributed by atoms with Crippen molar-refractivity contribution in [2.45, 2.75) is 6.42 Å². The highest BCUT2D eigenvalue weighted by atomic mass is 79.9. The molecule has 0 bridgehead atoms. The predicted molar refractivity (Wildman–Crippen MR) is 89.2 cm³/mol. The first-order valence-corrected chi connectivity index (χ1v) is 7.90. The van der Waals surface area contributed by atoms with Crippen LogP contribution in [-0.2, 0) is 4.79 Å². The number of halogens is 4. The molecule has 0 aromatic heterocycles. The van der Waals surface area contributed by atoms with Crippen molar-refractivity contribution >= 4 is 33.4 Å². The molecule has 132 valence electrons. The molecule has 2 aromatic carbocycles. The molecule has 0 aliphatic heterocycles. The zero-order chi connectivity index (χ0) is 18.4. The van der Waals surface area contributed by atoms with Gasteiger partial charge in [0.25, 0.3) is 5.91 Å². The van der Waals surface area contributed by atoms with Gasteiger partial charge < -0.3 is 5.32 Å². The maximum absolute atomic E-state index is 13.4. The van der Waals surface area contributed by atoms with Gasteiger partial charge in [0.15, 0.2) is 17.5 Å². The third-order valence-electron chi connectivity index (χ3n) is 3.12. The van der Waals surface area contributed by atoms with Crippen molar-refractivity contribution in [1.29, 1.82) is 0 Å². The second kappa shape index (κ2) is 8.52. The van der Waals surface area contributed by atoms with Crippen LogP contribution in [0.4, 0.5) is 18.9 Å². The quantitative estimate of drug-likeness (QED) is 0.501. The fraction of sp³-hybridized carbons (Fsp3) is 0.125. The summed E-state index contributed by atoms with van der Waals surface area (Å²) in [6, 6.07) is 8.33. The van der Waals surface area contributed by atoms with Gasteiger partial charge in [-0.3, -0.25) is 20.4 Å². The van der Waals surface area contributed by atoms with Crippen molar-refractivity contribution in [3.8, 4) is 0 Å². The van der Waals surface area contributed by atoms with Crippen LogP contribution < -0.4 is 16.2 Å². The van der Waals surface area contributed by atoms with Gasteiger partial charge in [0.05, 0.1) is 5.69 Å². The van der Waals surface area contributed by atoms with Gasteiger partial charge in [-0.25, -0.2) is 13.2 Å². The van der Waals surface area contributed by atoms with Crippen molar-refractivity contribution in [2.24, 2.45) is 0 Å². The van der Waals surface area contributed by atoms with Crippen molar-refractivity contribution in [3.63, 3.8) is 0 Å². The zero-order valence-electron chi connectivity index (χ0n) is 12.7. The third kappa shape index (κ3) is 5.21. The average Bonchev–Trinajstić information content (AvgIpc) is 2.59. The molecule has 0 spiro atoms. The maximum Gasteiger partial charge on any atom is 0.251 e. The number of carbonyl (C=O) groups is 2. The van der Waals surface area contributed by atoms with Crippen LogP contribution in [0.2, 0.25) is 0 Å². The van der Waals surface area contributed by atoms with Crippen LogP contribution >= 0.6 is 15.9 Å². The number of rotatable bonds is 6. The molecule has 0 radical (unpaired) electrons. The molecule has 0 heterocycles. The van der Waals surface area contributed by atoms with Crippen LogP contribution in [0.3, 0.4) is 0 Å². The monoisotopic (exact) mass is 415 g/mol. The van der Waals surface area contributed by atoms with E-state index in [1.807, 2.05) is 0 Å². The van der Waals surface area contributed by atoms with Gasteiger partial charge in [-0.15, -0.1) is 0 Å². The lowest BCUT2D eigenvalue weighted by molar-refractivity contribution is -0.120. The van der Waals surface area contributed by atoms with Crippen molar-refractivity contribution in [3.05, 3.63) is 63.9 Å². The minimum absolute atomic E-state index is 0.0443. The molecule has 0 aliphatic rings. The number of hydrazine groups is 1. The van der Waals surface area contributed by atoms with Crippen molar-refractivity contribution in [2.75, 3.05) is 12.0 Å². The first-order chi connectivity index (χ1) is 11.9. The zero-order valence-corrected chi connectivity index (χ0v) is 14.3. The van der Waals surface area contributed by atoms with E-state index < -0.39 is 29.0 Å². The summed E-state index contributed by atoms with van der Waals surface area (Å²) in [5.74, 6) is -5.32. The Bertz CT molecular complexity index is 785. The van der Waals surface area contributed by atoms with Crippen LogP contribution in [0, 0.1) is 17.5 Å². The normalized spacial score (nSPS) is 10.2. The van der Waals surface area contributed by atoms with E-state index in [0.717, 1.165) is 16.6 Å². The molecular weight excluding hydrogens is 403 g/mol. The van der Waals surface area contributed by atoms with E-state index in [0.29, 0.717) is 5.56 Å². The number of benzene rings is 2. The van der Waals surface area contributed by atoms with Crippen LogP contribution in [0.15, 0.2) is 40.9 Å². The first-order valence-electron chi connectivity index (χ1n) is 7.10. The second-order valence-electron chi connectivity index (χ2n) is 4.91. The van der Waals surface area contributed by atoms with Crippen LogP contribution in [-0.4, -0.2) is 18.4 Å². The Morgan fingerprint density at radius 1 is 0.960 bits per heavy atom. The fourth-order valence-corrected chi connectivity index (χ4v) is 2.08. The highest BCUT2D eigenvalue weighted by molar-refractivity contribution is 9.10. The second-order valence-corrected chi connectivity index (χ2v) is 5.82. The Kier molecular flexibility index (Phi) is 6.40. The Hall–Kier alpha value is -2.55. The average molecular weight is 416 g/mol. The number of anilines is 1. The molecule has 2 amide bonds. The number of carbonyl (C=O) groups excluding carboxylic acids is 2. The fourth-order valence-electron chi connectivity index (χ4n) is 1.81. The number of nitrogens with one attached hydrogen (secondary N) is 3. The summed E-state index contributed by atoms with van der Waals surface area (Å²) in [5, 5.41) is 2.55. The van der Waals surface area contributed by atoms with E-state index in [1.165, 1.54) is 0 Å². The lowest BCUT2D eigenvalue weighted by Crippen LogP contribution is -2.34. The number of hydrogen-bond acceptors (Lipinski definition) is 3. The standard InChI is InChI=1S/C16H13BrF3N3O2/c17-10-3-1-9(2-4-10)16(25)21-8-7-13(24)23-22-12-6-5-11(18)14(19)15(12)20/h1-6,22H,7-8H2,(H,21,25)(H,23,24). The molecule has 9 heteroatoms.